The van der Waals surface area contributed by atoms with Crippen molar-refractivity contribution < 1.29 is 5.11 Å². The third kappa shape index (κ3) is 2.93. The number of hydrogen-bond donors (Lipinski definition) is 2. The second-order valence-electron chi connectivity index (χ2n) is 5.86. The van der Waals surface area contributed by atoms with Crippen molar-refractivity contribution in [2.24, 2.45) is 0 Å². The molecule has 2 heteroatoms. The lowest BCUT2D eigenvalue weighted by Gasteiger charge is -2.28. The lowest BCUT2D eigenvalue weighted by atomic mass is 9.92. The molecule has 18 heavy (non-hydrogen) atoms. The van der Waals surface area contributed by atoms with E-state index in [1.54, 1.807) is 0 Å². The molecule has 2 N–H and O–H groups in total. The van der Waals surface area contributed by atoms with Crippen LogP contribution in [0.15, 0.2) is 24.3 Å². The summed E-state index contributed by atoms with van der Waals surface area (Å²) in [6, 6.07) is 9.23. The molecule has 0 spiro atoms. The van der Waals surface area contributed by atoms with Crippen molar-refractivity contribution in [2.45, 2.75) is 63.1 Å². The van der Waals surface area contributed by atoms with Gasteiger partial charge in [-0.25, -0.2) is 0 Å². The Labute approximate surface area is 109 Å². The minimum Gasteiger partial charge on any atom is -0.392 e. The lowest BCUT2D eigenvalue weighted by Crippen LogP contribution is -2.41. The average Bonchev–Trinajstić information content (AvgIpc) is 3.23. The summed E-state index contributed by atoms with van der Waals surface area (Å²) in [5.41, 5.74) is 2.86. The van der Waals surface area contributed by atoms with E-state index in [-0.39, 0.29) is 6.10 Å². The summed E-state index contributed by atoms with van der Waals surface area (Å²) in [4.78, 5) is 0. The van der Waals surface area contributed by atoms with Crippen LogP contribution in [0.4, 0.5) is 0 Å². The van der Waals surface area contributed by atoms with Gasteiger partial charge in [0.05, 0.1) is 6.10 Å². The number of aliphatic hydroxyl groups is 1. The Morgan fingerprint density at radius 2 is 1.94 bits per heavy atom. The van der Waals surface area contributed by atoms with Crippen molar-refractivity contribution in [3.05, 3.63) is 35.4 Å². The molecular weight excluding hydrogens is 222 g/mol. The van der Waals surface area contributed by atoms with Crippen molar-refractivity contribution in [3.8, 4) is 0 Å². The summed E-state index contributed by atoms with van der Waals surface area (Å²) in [5, 5.41) is 13.5. The SMILES string of the molecule is OC1CCCCC1NCc1cccc(C2CC2)c1. The van der Waals surface area contributed by atoms with Gasteiger partial charge in [-0.1, -0.05) is 37.1 Å². The van der Waals surface area contributed by atoms with E-state index in [1.165, 1.54) is 36.8 Å². The molecule has 1 aromatic rings. The number of nitrogens with one attached hydrogen (secondary N) is 1. The maximum atomic E-state index is 9.94. The van der Waals surface area contributed by atoms with Crippen LogP contribution in [0, 0.1) is 0 Å². The first-order valence-corrected chi connectivity index (χ1v) is 7.33. The number of benzene rings is 1. The van der Waals surface area contributed by atoms with Crippen molar-refractivity contribution in [1.29, 1.82) is 0 Å². The van der Waals surface area contributed by atoms with Crippen LogP contribution in [0.5, 0.6) is 0 Å². The first kappa shape index (κ1) is 12.2. The van der Waals surface area contributed by atoms with Crippen LogP contribution in [0.2, 0.25) is 0 Å². The van der Waals surface area contributed by atoms with Gasteiger partial charge in [0.2, 0.25) is 0 Å². The molecule has 0 radical (unpaired) electrons. The van der Waals surface area contributed by atoms with Crippen molar-refractivity contribution >= 4 is 0 Å². The highest BCUT2D eigenvalue weighted by Crippen LogP contribution is 2.40. The predicted octanol–water partition coefficient (Wildman–Crippen LogP) is 2.96. The fourth-order valence-electron chi connectivity index (χ4n) is 2.97. The molecule has 2 saturated carbocycles. The number of hydrogen-bond acceptors (Lipinski definition) is 2. The molecule has 2 aliphatic carbocycles. The van der Waals surface area contributed by atoms with Gasteiger partial charge in [0, 0.05) is 12.6 Å². The molecule has 0 bridgehead atoms. The summed E-state index contributed by atoms with van der Waals surface area (Å²) in [6.07, 6.45) is 7.07. The highest BCUT2D eigenvalue weighted by Gasteiger charge is 2.24. The maximum Gasteiger partial charge on any atom is 0.0693 e. The highest BCUT2D eigenvalue weighted by atomic mass is 16.3. The van der Waals surface area contributed by atoms with Gasteiger partial charge in [0.25, 0.3) is 0 Å². The van der Waals surface area contributed by atoms with Crippen LogP contribution < -0.4 is 5.32 Å². The standard InChI is InChI=1S/C16H23NO/c18-16-7-2-1-6-15(16)17-11-12-4-3-5-14(10-12)13-8-9-13/h3-5,10,13,15-18H,1-2,6-9,11H2. The molecule has 2 aliphatic rings. The quantitative estimate of drug-likeness (QED) is 0.855. The van der Waals surface area contributed by atoms with Gasteiger partial charge in [-0.3, -0.25) is 0 Å². The Bertz CT molecular complexity index is 400. The van der Waals surface area contributed by atoms with Gasteiger partial charge < -0.3 is 10.4 Å². The number of rotatable bonds is 4. The molecular formula is C16H23NO. The smallest absolute Gasteiger partial charge is 0.0693 e. The zero-order chi connectivity index (χ0) is 12.4. The van der Waals surface area contributed by atoms with E-state index >= 15 is 0 Å². The Morgan fingerprint density at radius 3 is 2.72 bits per heavy atom. The molecule has 2 fully saturated rings. The normalized spacial score (nSPS) is 28.3. The fourth-order valence-corrected chi connectivity index (χ4v) is 2.97. The topological polar surface area (TPSA) is 32.3 Å². The second kappa shape index (κ2) is 5.41. The number of aliphatic hydroxyl groups excluding tert-OH is 1. The Balaban J connectivity index is 1.57. The van der Waals surface area contributed by atoms with Crippen LogP contribution in [-0.2, 0) is 6.54 Å². The monoisotopic (exact) mass is 245 g/mol. The minimum absolute atomic E-state index is 0.148. The van der Waals surface area contributed by atoms with E-state index in [1.807, 2.05) is 0 Å². The van der Waals surface area contributed by atoms with Crippen molar-refractivity contribution in [1.82, 2.24) is 5.32 Å². The third-order valence-corrected chi connectivity index (χ3v) is 4.30. The molecule has 0 aromatic heterocycles. The van der Waals surface area contributed by atoms with Gasteiger partial charge in [0.1, 0.15) is 0 Å². The van der Waals surface area contributed by atoms with E-state index in [4.69, 9.17) is 0 Å². The lowest BCUT2D eigenvalue weighted by molar-refractivity contribution is 0.0902. The largest absolute Gasteiger partial charge is 0.392 e. The van der Waals surface area contributed by atoms with Crippen LogP contribution in [0.1, 0.15) is 55.6 Å². The summed E-state index contributed by atoms with van der Waals surface area (Å²) >= 11 is 0. The van der Waals surface area contributed by atoms with Crippen LogP contribution in [0.3, 0.4) is 0 Å². The first-order chi connectivity index (χ1) is 8.83. The van der Waals surface area contributed by atoms with Gasteiger partial charge in [-0.2, -0.15) is 0 Å². The van der Waals surface area contributed by atoms with Crippen molar-refractivity contribution in [2.75, 3.05) is 0 Å². The zero-order valence-electron chi connectivity index (χ0n) is 10.9. The Morgan fingerprint density at radius 1 is 1.11 bits per heavy atom. The molecule has 1 aromatic carbocycles. The fraction of sp³-hybridized carbons (Fsp3) is 0.625. The van der Waals surface area contributed by atoms with Crippen LogP contribution in [-0.4, -0.2) is 17.3 Å². The first-order valence-electron chi connectivity index (χ1n) is 7.33. The van der Waals surface area contributed by atoms with E-state index < -0.39 is 0 Å². The molecule has 2 unspecified atom stereocenters. The molecule has 0 saturated heterocycles. The van der Waals surface area contributed by atoms with Crippen LogP contribution in [0.25, 0.3) is 0 Å². The summed E-state index contributed by atoms with van der Waals surface area (Å²) in [5.74, 6) is 0.824. The molecule has 2 atom stereocenters. The average molecular weight is 245 g/mol. The van der Waals surface area contributed by atoms with Gasteiger partial charge in [-0.15, -0.1) is 0 Å². The molecule has 0 amide bonds. The zero-order valence-corrected chi connectivity index (χ0v) is 10.9. The second-order valence-corrected chi connectivity index (χ2v) is 5.86. The van der Waals surface area contributed by atoms with E-state index in [9.17, 15) is 5.11 Å². The molecule has 3 rings (SSSR count). The predicted molar refractivity (Wildman–Crippen MR) is 73.5 cm³/mol. The van der Waals surface area contributed by atoms with Crippen molar-refractivity contribution in [3.63, 3.8) is 0 Å². The Kier molecular flexibility index (Phi) is 3.67. The van der Waals surface area contributed by atoms with Gasteiger partial charge >= 0.3 is 0 Å². The highest BCUT2D eigenvalue weighted by molar-refractivity contribution is 5.29. The van der Waals surface area contributed by atoms with Crippen LogP contribution >= 0.6 is 0 Å². The van der Waals surface area contributed by atoms with E-state index in [0.717, 1.165) is 25.3 Å². The third-order valence-electron chi connectivity index (χ3n) is 4.30. The summed E-state index contributed by atoms with van der Waals surface area (Å²) in [7, 11) is 0. The van der Waals surface area contributed by atoms with Gasteiger partial charge in [-0.05, 0) is 42.7 Å². The van der Waals surface area contributed by atoms with E-state index in [0.29, 0.717) is 6.04 Å². The molecule has 0 aliphatic heterocycles. The summed E-state index contributed by atoms with van der Waals surface area (Å²) in [6.45, 7) is 0.891. The Hall–Kier alpha value is -0.860. The van der Waals surface area contributed by atoms with E-state index in [2.05, 4.69) is 29.6 Å². The van der Waals surface area contributed by atoms with Gasteiger partial charge in [0.15, 0.2) is 0 Å². The molecule has 2 nitrogen and oxygen atoms in total. The molecule has 98 valence electrons. The minimum atomic E-state index is -0.148. The molecule has 0 heterocycles. The maximum absolute atomic E-state index is 9.94. The summed E-state index contributed by atoms with van der Waals surface area (Å²) < 4.78 is 0.